The maximum atomic E-state index is 13.7. The van der Waals surface area contributed by atoms with Gasteiger partial charge in [-0.3, -0.25) is 9.59 Å². The Morgan fingerprint density at radius 2 is 1.60 bits per heavy atom. The highest BCUT2D eigenvalue weighted by Gasteiger charge is 2.28. The summed E-state index contributed by atoms with van der Waals surface area (Å²) in [5, 5.41) is 28.2. The maximum absolute atomic E-state index is 13.7. The van der Waals surface area contributed by atoms with Gasteiger partial charge in [-0.1, -0.05) is 66.7 Å². The summed E-state index contributed by atoms with van der Waals surface area (Å²) in [5.41, 5.74) is 13.7. The molecule has 0 heterocycles. The molecule has 1 unspecified atom stereocenters. The monoisotopic (exact) mass is 548 g/mol. The number of ether oxygens (including phenoxy) is 1. The number of rotatable bonds is 13. The second-order valence-corrected chi connectivity index (χ2v) is 8.99. The third-order valence-electron chi connectivity index (χ3n) is 6.22. The van der Waals surface area contributed by atoms with Gasteiger partial charge in [-0.15, -0.1) is 0 Å². The number of carbonyl (C=O) groups excluding carboxylic acids is 2. The van der Waals surface area contributed by atoms with Crippen LogP contribution in [0.2, 0.25) is 0 Å². The fourth-order valence-electron chi connectivity index (χ4n) is 4.12. The number of benzene rings is 3. The Morgan fingerprint density at radius 1 is 1.00 bits per heavy atom. The van der Waals surface area contributed by atoms with Crippen LogP contribution in [0.25, 0.3) is 0 Å². The minimum Gasteiger partial charge on any atom is -0.504 e. The molecule has 12 heteroatoms. The highest BCUT2D eigenvalue weighted by molar-refractivity contribution is 5.92. The first-order chi connectivity index (χ1) is 19.2. The second kappa shape index (κ2) is 14.3. The van der Waals surface area contributed by atoms with Crippen LogP contribution in [0.15, 0.2) is 84.0 Å². The van der Waals surface area contributed by atoms with Crippen molar-refractivity contribution < 1.29 is 24.5 Å². The third kappa shape index (κ3) is 8.27. The fraction of sp³-hybridized carbons (Fsp3) is 0.250. The highest BCUT2D eigenvalue weighted by Crippen LogP contribution is 2.27. The Hall–Kier alpha value is -4.97. The number of phenolic OH excluding ortho intramolecular Hbond substituents is 1. The van der Waals surface area contributed by atoms with E-state index in [2.05, 4.69) is 15.7 Å². The third-order valence-corrected chi connectivity index (χ3v) is 6.22. The Balaban J connectivity index is 1.83. The van der Waals surface area contributed by atoms with E-state index >= 15 is 0 Å². The zero-order valence-corrected chi connectivity index (χ0v) is 21.9. The molecular weight excluding hydrogens is 516 g/mol. The molecule has 0 radical (unpaired) electrons. The molecule has 12 nitrogen and oxygen atoms in total. The van der Waals surface area contributed by atoms with E-state index in [0.717, 1.165) is 11.1 Å². The Labute approximate surface area is 231 Å². The molecule has 0 aromatic heterocycles. The molecule has 0 fully saturated rings. The van der Waals surface area contributed by atoms with Gasteiger partial charge >= 0.3 is 0 Å². The fourth-order valence-corrected chi connectivity index (χ4v) is 4.12. The number of carbonyl (C=O) groups is 2. The average Bonchev–Trinajstić information content (AvgIpc) is 2.95. The lowest BCUT2D eigenvalue weighted by Gasteiger charge is -2.24. The number of amidine groups is 1. The molecule has 210 valence electrons. The number of nitrogens with one attached hydrogen (secondary N) is 2. The van der Waals surface area contributed by atoms with Gasteiger partial charge in [0.15, 0.2) is 22.4 Å². The zero-order chi connectivity index (χ0) is 29.1. The second-order valence-electron chi connectivity index (χ2n) is 8.99. The van der Waals surface area contributed by atoms with Crippen molar-refractivity contribution in [1.29, 1.82) is 0 Å². The minimum absolute atomic E-state index is 0.0296. The van der Waals surface area contributed by atoms with Gasteiger partial charge in [0.25, 0.3) is 0 Å². The van der Waals surface area contributed by atoms with Crippen molar-refractivity contribution in [2.24, 2.45) is 16.6 Å². The van der Waals surface area contributed by atoms with Crippen LogP contribution in [0.4, 0.5) is 0 Å². The first kappa shape index (κ1) is 29.6. The van der Waals surface area contributed by atoms with Gasteiger partial charge in [-0.25, -0.2) is 10.1 Å². The van der Waals surface area contributed by atoms with Gasteiger partial charge in [0.05, 0.1) is 24.2 Å². The van der Waals surface area contributed by atoms with Gasteiger partial charge in [0.2, 0.25) is 11.8 Å². The van der Waals surface area contributed by atoms with Crippen molar-refractivity contribution in [2.45, 2.75) is 37.4 Å². The largest absolute Gasteiger partial charge is 0.504 e. The molecular formula is C28H32N6O6. The molecule has 0 aliphatic heterocycles. The predicted octanol–water partition coefficient (Wildman–Crippen LogP) is 1.99. The first-order valence-corrected chi connectivity index (χ1v) is 12.5. The quantitative estimate of drug-likeness (QED) is 0.0925. The summed E-state index contributed by atoms with van der Waals surface area (Å²) in [6.45, 7) is 0.0830. The maximum Gasteiger partial charge on any atom is 0.242 e. The Bertz CT molecular complexity index is 1300. The number of nitrogens with two attached hydrogens (primary N) is 2. The molecule has 3 rings (SSSR count). The van der Waals surface area contributed by atoms with Crippen molar-refractivity contribution in [1.82, 2.24) is 10.6 Å². The van der Waals surface area contributed by atoms with Crippen LogP contribution in [-0.2, 0) is 16.1 Å². The molecule has 0 saturated heterocycles. The number of nitro groups is 1. The summed E-state index contributed by atoms with van der Waals surface area (Å²) in [7, 11) is 1.41. The number of methoxy groups -OCH3 is 1. The molecule has 0 spiro atoms. The van der Waals surface area contributed by atoms with E-state index in [-0.39, 0.29) is 30.9 Å². The lowest BCUT2D eigenvalue weighted by atomic mass is 9.90. The van der Waals surface area contributed by atoms with Gasteiger partial charge in [-0.05, 0) is 41.7 Å². The predicted molar refractivity (Wildman–Crippen MR) is 149 cm³/mol. The zero-order valence-electron chi connectivity index (χ0n) is 21.9. The molecule has 0 aliphatic carbocycles. The van der Waals surface area contributed by atoms with E-state index in [4.69, 9.17) is 16.2 Å². The number of amides is 2. The SMILES string of the molecule is COc1cc(CNC(=O)[C@H](CCC(N)C(N)=N[N+](=O)[O-])NC(=O)C(c2ccccc2)c2ccccc2)ccc1O. The smallest absolute Gasteiger partial charge is 0.242 e. The number of hydrogen-bond donors (Lipinski definition) is 5. The highest BCUT2D eigenvalue weighted by atomic mass is 16.7. The van der Waals surface area contributed by atoms with Crippen LogP contribution in [0, 0.1) is 10.1 Å². The lowest BCUT2D eigenvalue weighted by molar-refractivity contribution is -0.485. The summed E-state index contributed by atoms with van der Waals surface area (Å²) in [4.78, 5) is 37.7. The van der Waals surface area contributed by atoms with Crippen molar-refractivity contribution in [3.05, 3.63) is 106 Å². The van der Waals surface area contributed by atoms with Crippen molar-refractivity contribution in [2.75, 3.05) is 7.11 Å². The minimum atomic E-state index is -1.05. The molecule has 2 amide bonds. The van der Waals surface area contributed by atoms with E-state index in [0.29, 0.717) is 5.56 Å². The Morgan fingerprint density at radius 3 is 2.15 bits per heavy atom. The van der Waals surface area contributed by atoms with Crippen LogP contribution in [0.1, 0.15) is 35.4 Å². The molecule has 0 saturated carbocycles. The summed E-state index contributed by atoms with van der Waals surface area (Å²) >= 11 is 0. The van der Waals surface area contributed by atoms with Gasteiger partial charge in [-0.2, -0.15) is 0 Å². The lowest BCUT2D eigenvalue weighted by Crippen LogP contribution is -2.49. The van der Waals surface area contributed by atoms with Crippen molar-refractivity contribution >= 4 is 17.6 Å². The van der Waals surface area contributed by atoms with Crippen molar-refractivity contribution in [3.63, 3.8) is 0 Å². The number of hydrogen-bond acceptors (Lipinski definition) is 7. The van der Waals surface area contributed by atoms with E-state index < -0.39 is 40.7 Å². The van der Waals surface area contributed by atoms with Gasteiger partial charge in [0.1, 0.15) is 6.04 Å². The Kier molecular flexibility index (Phi) is 10.5. The van der Waals surface area contributed by atoms with Crippen molar-refractivity contribution in [3.8, 4) is 11.5 Å². The van der Waals surface area contributed by atoms with Crippen LogP contribution < -0.4 is 26.8 Å². The van der Waals surface area contributed by atoms with Crippen LogP contribution >= 0.6 is 0 Å². The van der Waals surface area contributed by atoms with E-state index in [1.807, 2.05) is 60.7 Å². The molecule has 0 aliphatic rings. The summed E-state index contributed by atoms with van der Waals surface area (Å²) in [6.07, 6.45) is 0.0672. The number of phenols is 1. The average molecular weight is 549 g/mol. The number of aromatic hydroxyl groups is 1. The van der Waals surface area contributed by atoms with Crippen LogP contribution in [0.3, 0.4) is 0 Å². The number of nitrogens with zero attached hydrogens (tertiary/aromatic N) is 2. The van der Waals surface area contributed by atoms with E-state index in [9.17, 15) is 24.8 Å². The van der Waals surface area contributed by atoms with Gasteiger partial charge in [0, 0.05) is 6.54 Å². The molecule has 3 aromatic carbocycles. The van der Waals surface area contributed by atoms with E-state index in [1.165, 1.54) is 13.2 Å². The topological polar surface area (TPSA) is 195 Å². The number of hydrazone groups is 1. The molecule has 0 bridgehead atoms. The summed E-state index contributed by atoms with van der Waals surface area (Å²) in [5.74, 6) is -1.80. The summed E-state index contributed by atoms with van der Waals surface area (Å²) in [6, 6.07) is 20.9. The molecule has 40 heavy (non-hydrogen) atoms. The summed E-state index contributed by atoms with van der Waals surface area (Å²) < 4.78 is 5.11. The van der Waals surface area contributed by atoms with Gasteiger partial charge < -0.3 is 31.9 Å². The molecule has 3 aromatic rings. The van der Waals surface area contributed by atoms with E-state index in [1.54, 1.807) is 12.1 Å². The standard InChI is InChI=1S/C28H32N6O6/c1-40-24-16-18(12-15-23(24)35)17-31-27(36)22(14-13-21(29)26(30)33-34(38)39)32-28(37)25(19-8-4-2-5-9-19)20-10-6-3-7-11-20/h2-12,15-16,21-22,25,35H,13-14,17,29H2,1H3,(H2,30,33)(H,31,36)(H,32,37)/t21?,22-/m0/s1. The van der Waals surface area contributed by atoms with Crippen LogP contribution in [-0.4, -0.2) is 47.0 Å². The molecule has 2 atom stereocenters. The first-order valence-electron chi connectivity index (χ1n) is 12.5. The van der Waals surface area contributed by atoms with Crippen LogP contribution in [0.5, 0.6) is 11.5 Å². The normalized spacial score (nSPS) is 12.8. The molecule has 7 N–H and O–H groups in total.